The van der Waals surface area contributed by atoms with Crippen molar-refractivity contribution in [2.75, 3.05) is 23.8 Å². The Morgan fingerprint density at radius 1 is 0.806 bits per heavy atom. The van der Waals surface area contributed by atoms with E-state index in [2.05, 4.69) is 10.6 Å². The number of carbonyl (C=O) groups excluding carboxylic acids is 2. The van der Waals surface area contributed by atoms with Gasteiger partial charge in [0.2, 0.25) is 11.8 Å². The van der Waals surface area contributed by atoms with Crippen LogP contribution in [-0.4, -0.2) is 36.1 Å². The van der Waals surface area contributed by atoms with Gasteiger partial charge in [-0.05, 0) is 47.5 Å². The number of carboxylic acids is 1. The minimum atomic E-state index is -1.17. The number of aromatic carboxylic acids is 1. The molecule has 0 heterocycles. The second kappa shape index (κ2) is 10.4. The number of anilines is 2. The standard InChI is InChI=1S/C23H19ClN2O5/c24-17-7-9-18(10-8-17)25-21(27)13-31-14-22(28)26-20-11-6-16(12-19(20)23(29)30)15-4-2-1-3-5-15/h1-12H,13-14H2,(H,25,27)(H,26,28)(H,29,30). The van der Waals surface area contributed by atoms with Crippen molar-refractivity contribution in [2.45, 2.75) is 0 Å². The molecule has 3 rings (SSSR count). The average Bonchev–Trinajstić information content (AvgIpc) is 2.76. The molecule has 0 atom stereocenters. The van der Waals surface area contributed by atoms with Crippen LogP contribution in [-0.2, 0) is 14.3 Å². The number of amides is 2. The molecule has 8 heteroatoms. The lowest BCUT2D eigenvalue weighted by atomic mass is 10.0. The van der Waals surface area contributed by atoms with E-state index in [9.17, 15) is 19.5 Å². The monoisotopic (exact) mass is 438 g/mol. The van der Waals surface area contributed by atoms with Crippen LogP contribution < -0.4 is 10.6 Å². The first-order chi connectivity index (χ1) is 14.9. The van der Waals surface area contributed by atoms with E-state index in [1.165, 1.54) is 12.1 Å². The molecule has 3 aromatic rings. The Balaban J connectivity index is 1.55. The number of nitrogens with one attached hydrogen (secondary N) is 2. The van der Waals surface area contributed by atoms with Gasteiger partial charge in [0.1, 0.15) is 13.2 Å². The van der Waals surface area contributed by atoms with Gasteiger partial charge >= 0.3 is 5.97 Å². The minimum Gasteiger partial charge on any atom is -0.478 e. The summed E-state index contributed by atoms with van der Waals surface area (Å²) in [5.74, 6) is -2.18. The highest BCUT2D eigenvalue weighted by Crippen LogP contribution is 2.25. The maximum absolute atomic E-state index is 12.1. The predicted molar refractivity (Wildman–Crippen MR) is 118 cm³/mol. The Kier molecular flexibility index (Phi) is 7.37. The Labute approximate surface area is 183 Å². The van der Waals surface area contributed by atoms with Crippen LogP contribution in [0.15, 0.2) is 72.8 Å². The van der Waals surface area contributed by atoms with E-state index < -0.39 is 24.4 Å². The van der Waals surface area contributed by atoms with Crippen molar-refractivity contribution in [3.05, 3.63) is 83.4 Å². The maximum Gasteiger partial charge on any atom is 0.337 e. The fourth-order valence-corrected chi connectivity index (χ4v) is 2.92. The Morgan fingerprint density at radius 2 is 1.45 bits per heavy atom. The summed E-state index contributed by atoms with van der Waals surface area (Å²) in [6.07, 6.45) is 0. The lowest BCUT2D eigenvalue weighted by Crippen LogP contribution is -2.24. The first-order valence-corrected chi connectivity index (χ1v) is 9.66. The van der Waals surface area contributed by atoms with E-state index in [4.69, 9.17) is 16.3 Å². The molecule has 0 aliphatic heterocycles. The van der Waals surface area contributed by atoms with Crippen LogP contribution in [0.2, 0.25) is 5.02 Å². The molecule has 0 saturated heterocycles. The summed E-state index contributed by atoms with van der Waals surface area (Å²) in [5.41, 5.74) is 2.22. The van der Waals surface area contributed by atoms with Crippen LogP contribution in [0.1, 0.15) is 10.4 Å². The minimum absolute atomic E-state index is 0.0461. The van der Waals surface area contributed by atoms with Crippen LogP contribution in [0, 0.1) is 0 Å². The van der Waals surface area contributed by atoms with Crippen molar-refractivity contribution >= 4 is 40.8 Å². The van der Waals surface area contributed by atoms with Gasteiger partial charge in [-0.25, -0.2) is 4.79 Å². The first-order valence-electron chi connectivity index (χ1n) is 9.28. The van der Waals surface area contributed by atoms with Crippen LogP contribution in [0.4, 0.5) is 11.4 Å². The third-order valence-corrected chi connectivity index (χ3v) is 4.48. The molecule has 0 aliphatic carbocycles. The molecule has 0 unspecified atom stereocenters. The van der Waals surface area contributed by atoms with Gasteiger partial charge < -0.3 is 20.5 Å². The highest BCUT2D eigenvalue weighted by molar-refractivity contribution is 6.30. The molecule has 0 aromatic heterocycles. The van der Waals surface area contributed by atoms with E-state index in [0.29, 0.717) is 16.3 Å². The van der Waals surface area contributed by atoms with Gasteiger partial charge in [-0.1, -0.05) is 48.0 Å². The summed E-state index contributed by atoms with van der Waals surface area (Å²) in [6, 6.07) is 20.6. The first kappa shape index (κ1) is 22.0. The van der Waals surface area contributed by atoms with E-state index in [0.717, 1.165) is 5.56 Å². The highest BCUT2D eigenvalue weighted by atomic mass is 35.5. The Morgan fingerprint density at radius 3 is 2.10 bits per heavy atom. The summed E-state index contributed by atoms with van der Waals surface area (Å²) in [7, 11) is 0. The summed E-state index contributed by atoms with van der Waals surface area (Å²) in [6.45, 7) is -0.748. The molecule has 2 amide bonds. The number of hydrogen-bond acceptors (Lipinski definition) is 4. The molecular weight excluding hydrogens is 420 g/mol. The third-order valence-electron chi connectivity index (χ3n) is 4.23. The molecule has 31 heavy (non-hydrogen) atoms. The number of benzene rings is 3. The molecule has 0 fully saturated rings. The number of carboxylic acid groups (broad SMARTS) is 1. The van der Waals surface area contributed by atoms with Gasteiger partial charge in [-0.3, -0.25) is 9.59 Å². The van der Waals surface area contributed by atoms with Crippen molar-refractivity contribution in [3.63, 3.8) is 0 Å². The molecule has 3 N–H and O–H groups in total. The SMILES string of the molecule is O=C(COCC(=O)Nc1ccc(-c2ccccc2)cc1C(=O)O)Nc1ccc(Cl)cc1. The average molecular weight is 439 g/mol. The summed E-state index contributed by atoms with van der Waals surface area (Å²) in [4.78, 5) is 35.7. The Bertz CT molecular complexity index is 1080. The lowest BCUT2D eigenvalue weighted by molar-refractivity contribution is -0.125. The van der Waals surface area contributed by atoms with E-state index in [1.807, 2.05) is 30.3 Å². The highest BCUT2D eigenvalue weighted by Gasteiger charge is 2.15. The maximum atomic E-state index is 12.1. The Hall–Kier alpha value is -3.68. The molecule has 7 nitrogen and oxygen atoms in total. The predicted octanol–water partition coefficient (Wildman–Crippen LogP) is 4.30. The van der Waals surface area contributed by atoms with Crippen LogP contribution >= 0.6 is 11.6 Å². The number of carbonyl (C=O) groups is 3. The van der Waals surface area contributed by atoms with Gasteiger partial charge in [-0.2, -0.15) is 0 Å². The topological polar surface area (TPSA) is 105 Å². The third kappa shape index (κ3) is 6.40. The second-order valence-corrected chi connectivity index (χ2v) is 6.96. The molecular formula is C23H19ClN2O5. The fraction of sp³-hybridized carbons (Fsp3) is 0.0870. The molecule has 3 aromatic carbocycles. The van der Waals surface area contributed by atoms with Crippen molar-refractivity contribution in [3.8, 4) is 11.1 Å². The molecule has 0 saturated carbocycles. The van der Waals surface area contributed by atoms with E-state index >= 15 is 0 Å². The van der Waals surface area contributed by atoms with Crippen molar-refractivity contribution < 1.29 is 24.2 Å². The van der Waals surface area contributed by atoms with Crippen molar-refractivity contribution in [1.29, 1.82) is 0 Å². The summed E-state index contributed by atoms with van der Waals surface area (Å²) in [5, 5.41) is 15.2. The zero-order chi connectivity index (χ0) is 22.2. The van der Waals surface area contributed by atoms with Crippen LogP contribution in [0.3, 0.4) is 0 Å². The number of hydrogen-bond donors (Lipinski definition) is 3. The summed E-state index contributed by atoms with van der Waals surface area (Å²) >= 11 is 5.78. The van der Waals surface area contributed by atoms with E-state index in [-0.39, 0.29) is 17.9 Å². The lowest BCUT2D eigenvalue weighted by Gasteiger charge is -2.11. The largest absolute Gasteiger partial charge is 0.478 e. The molecule has 0 bridgehead atoms. The normalized spacial score (nSPS) is 10.4. The number of ether oxygens (including phenoxy) is 1. The molecule has 0 aliphatic rings. The zero-order valence-electron chi connectivity index (χ0n) is 16.3. The van der Waals surface area contributed by atoms with E-state index in [1.54, 1.807) is 30.3 Å². The van der Waals surface area contributed by atoms with Crippen LogP contribution in [0.25, 0.3) is 11.1 Å². The smallest absolute Gasteiger partial charge is 0.337 e. The summed E-state index contributed by atoms with van der Waals surface area (Å²) < 4.78 is 5.12. The zero-order valence-corrected chi connectivity index (χ0v) is 17.1. The van der Waals surface area contributed by atoms with Gasteiger partial charge in [0.25, 0.3) is 0 Å². The van der Waals surface area contributed by atoms with Gasteiger partial charge in [0.05, 0.1) is 11.3 Å². The number of halogens is 1. The van der Waals surface area contributed by atoms with Gasteiger partial charge in [-0.15, -0.1) is 0 Å². The quantitative estimate of drug-likeness (QED) is 0.486. The van der Waals surface area contributed by atoms with Crippen molar-refractivity contribution in [2.24, 2.45) is 0 Å². The van der Waals surface area contributed by atoms with Crippen LogP contribution in [0.5, 0.6) is 0 Å². The molecule has 158 valence electrons. The van der Waals surface area contributed by atoms with Gasteiger partial charge in [0, 0.05) is 10.7 Å². The van der Waals surface area contributed by atoms with Gasteiger partial charge in [0.15, 0.2) is 0 Å². The second-order valence-electron chi connectivity index (χ2n) is 6.53. The number of rotatable bonds is 8. The molecule has 0 spiro atoms. The van der Waals surface area contributed by atoms with Crippen molar-refractivity contribution in [1.82, 2.24) is 0 Å². The fourth-order valence-electron chi connectivity index (χ4n) is 2.79. The molecule has 0 radical (unpaired) electrons.